The number of ether oxygens (including phenoxy) is 1. The van der Waals surface area contributed by atoms with Crippen LogP contribution in [0.25, 0.3) is 5.69 Å². The molecule has 0 saturated carbocycles. The molecule has 1 aromatic heterocycles. The Morgan fingerprint density at radius 1 is 1.25 bits per heavy atom. The lowest BCUT2D eigenvalue weighted by atomic mass is 10.2. The molecule has 0 aliphatic rings. The van der Waals surface area contributed by atoms with E-state index in [-0.39, 0.29) is 5.56 Å². The molecule has 0 radical (unpaired) electrons. The standard InChI is InChI=1S/C17H21N3O4/c1-3-5-10-18-11-14-15(21)19-17(23)20(16(14)22)12-6-8-13(9-7-12)24-4-2/h6-9,11,22H,3-5,10H2,1-2H3,(H,19,21,23). The number of aromatic hydroxyl groups is 1. The van der Waals surface area contributed by atoms with Gasteiger partial charge in [0.25, 0.3) is 5.56 Å². The molecule has 0 aliphatic heterocycles. The van der Waals surface area contributed by atoms with E-state index in [0.29, 0.717) is 24.6 Å². The summed E-state index contributed by atoms with van der Waals surface area (Å²) in [4.78, 5) is 30.3. The average molecular weight is 331 g/mol. The predicted octanol–water partition coefficient (Wildman–Crippen LogP) is 1.85. The topological polar surface area (TPSA) is 96.7 Å². The van der Waals surface area contributed by atoms with Gasteiger partial charge in [-0.25, -0.2) is 9.36 Å². The Balaban J connectivity index is 2.44. The average Bonchev–Trinajstić information content (AvgIpc) is 2.55. The van der Waals surface area contributed by atoms with Gasteiger partial charge in [0.1, 0.15) is 11.3 Å². The number of aromatic amines is 1. The predicted molar refractivity (Wildman–Crippen MR) is 92.9 cm³/mol. The van der Waals surface area contributed by atoms with E-state index >= 15 is 0 Å². The summed E-state index contributed by atoms with van der Waals surface area (Å²) in [6.45, 7) is 4.99. The Morgan fingerprint density at radius 2 is 1.96 bits per heavy atom. The zero-order chi connectivity index (χ0) is 17.5. The molecule has 7 nitrogen and oxygen atoms in total. The van der Waals surface area contributed by atoms with Crippen molar-refractivity contribution in [3.8, 4) is 17.3 Å². The van der Waals surface area contributed by atoms with E-state index in [9.17, 15) is 14.7 Å². The number of H-pyrrole nitrogens is 1. The summed E-state index contributed by atoms with van der Waals surface area (Å²) in [6, 6.07) is 6.63. The molecule has 2 aromatic rings. The molecule has 1 heterocycles. The van der Waals surface area contributed by atoms with Crippen LogP contribution in [0.15, 0.2) is 38.8 Å². The number of nitrogens with one attached hydrogen (secondary N) is 1. The molecular weight excluding hydrogens is 310 g/mol. The first-order chi connectivity index (χ1) is 11.6. The second-order valence-corrected chi connectivity index (χ2v) is 5.15. The second kappa shape index (κ2) is 8.14. The smallest absolute Gasteiger partial charge is 0.335 e. The highest BCUT2D eigenvalue weighted by Gasteiger charge is 2.14. The lowest BCUT2D eigenvalue weighted by Crippen LogP contribution is -2.31. The summed E-state index contributed by atoms with van der Waals surface area (Å²) in [5.41, 5.74) is -1.01. The first-order valence-corrected chi connectivity index (χ1v) is 7.89. The van der Waals surface area contributed by atoms with Crippen molar-refractivity contribution in [3.63, 3.8) is 0 Å². The molecule has 7 heteroatoms. The number of benzene rings is 1. The maximum Gasteiger partial charge on any atom is 0.335 e. The molecule has 24 heavy (non-hydrogen) atoms. The Bertz CT molecular complexity index is 819. The third-order valence-electron chi connectivity index (χ3n) is 3.39. The number of unbranched alkanes of at least 4 members (excludes halogenated alkanes) is 1. The van der Waals surface area contributed by atoms with Crippen LogP contribution in [0, 0.1) is 0 Å². The van der Waals surface area contributed by atoms with Crippen molar-refractivity contribution in [3.05, 3.63) is 50.7 Å². The summed E-state index contributed by atoms with van der Waals surface area (Å²) in [5, 5.41) is 10.4. The molecule has 2 rings (SSSR count). The largest absolute Gasteiger partial charge is 0.494 e. The van der Waals surface area contributed by atoms with E-state index in [2.05, 4.69) is 9.98 Å². The fourth-order valence-corrected chi connectivity index (χ4v) is 2.16. The van der Waals surface area contributed by atoms with Gasteiger partial charge in [-0.2, -0.15) is 0 Å². The van der Waals surface area contributed by atoms with Gasteiger partial charge < -0.3 is 9.84 Å². The SMILES string of the molecule is CCCCN=Cc1c(O)n(-c2ccc(OCC)cc2)c(=O)[nH]c1=O. The Morgan fingerprint density at radius 3 is 2.58 bits per heavy atom. The van der Waals surface area contributed by atoms with Crippen LogP contribution in [0.1, 0.15) is 32.3 Å². The van der Waals surface area contributed by atoms with Crippen LogP contribution >= 0.6 is 0 Å². The molecule has 0 fully saturated rings. The van der Waals surface area contributed by atoms with Gasteiger partial charge in [0.2, 0.25) is 5.88 Å². The molecule has 0 amide bonds. The molecule has 0 aliphatic carbocycles. The summed E-state index contributed by atoms with van der Waals surface area (Å²) in [5.74, 6) is 0.215. The highest BCUT2D eigenvalue weighted by atomic mass is 16.5. The fourth-order valence-electron chi connectivity index (χ4n) is 2.16. The van der Waals surface area contributed by atoms with Crippen LogP contribution < -0.4 is 16.0 Å². The minimum Gasteiger partial charge on any atom is -0.494 e. The summed E-state index contributed by atoms with van der Waals surface area (Å²) >= 11 is 0. The number of hydrogen-bond donors (Lipinski definition) is 2. The van der Waals surface area contributed by atoms with E-state index in [4.69, 9.17) is 4.74 Å². The molecule has 0 saturated heterocycles. The molecule has 0 bridgehead atoms. The van der Waals surface area contributed by atoms with Crippen molar-refractivity contribution in [2.75, 3.05) is 13.2 Å². The van der Waals surface area contributed by atoms with E-state index in [1.165, 1.54) is 6.21 Å². The van der Waals surface area contributed by atoms with E-state index in [1.54, 1.807) is 24.3 Å². The molecule has 1 aromatic carbocycles. The molecular formula is C17H21N3O4. The van der Waals surface area contributed by atoms with Crippen molar-refractivity contribution in [1.29, 1.82) is 0 Å². The van der Waals surface area contributed by atoms with Gasteiger partial charge in [-0.3, -0.25) is 14.8 Å². The van der Waals surface area contributed by atoms with Crippen LogP contribution in [-0.2, 0) is 0 Å². The number of rotatable bonds is 7. The summed E-state index contributed by atoms with van der Waals surface area (Å²) in [7, 11) is 0. The Hall–Kier alpha value is -2.83. The molecule has 0 atom stereocenters. The second-order valence-electron chi connectivity index (χ2n) is 5.15. The normalized spacial score (nSPS) is 11.1. The van der Waals surface area contributed by atoms with Crippen LogP contribution in [0.5, 0.6) is 11.6 Å². The van der Waals surface area contributed by atoms with Crippen molar-refractivity contribution in [2.45, 2.75) is 26.7 Å². The monoisotopic (exact) mass is 331 g/mol. The molecule has 2 N–H and O–H groups in total. The van der Waals surface area contributed by atoms with Crippen LogP contribution in [0.4, 0.5) is 0 Å². The third-order valence-corrected chi connectivity index (χ3v) is 3.39. The highest BCUT2D eigenvalue weighted by Crippen LogP contribution is 2.18. The van der Waals surface area contributed by atoms with Crippen molar-refractivity contribution < 1.29 is 9.84 Å². The minimum atomic E-state index is -0.715. The van der Waals surface area contributed by atoms with E-state index in [1.807, 2.05) is 13.8 Å². The van der Waals surface area contributed by atoms with Gasteiger partial charge in [0, 0.05) is 12.8 Å². The highest BCUT2D eigenvalue weighted by molar-refractivity contribution is 5.82. The summed E-state index contributed by atoms with van der Waals surface area (Å²) in [6.07, 6.45) is 3.16. The van der Waals surface area contributed by atoms with Crippen molar-refractivity contribution >= 4 is 6.21 Å². The quantitative estimate of drug-likeness (QED) is 0.598. The van der Waals surface area contributed by atoms with Crippen LogP contribution in [-0.4, -0.2) is 34.0 Å². The maximum atomic E-state index is 12.1. The number of aliphatic imine (C=N–C) groups is 1. The molecule has 0 unspecified atom stereocenters. The van der Waals surface area contributed by atoms with Crippen molar-refractivity contribution in [1.82, 2.24) is 9.55 Å². The lowest BCUT2D eigenvalue weighted by Gasteiger charge is -2.10. The lowest BCUT2D eigenvalue weighted by molar-refractivity contribution is 0.340. The van der Waals surface area contributed by atoms with Crippen molar-refractivity contribution in [2.24, 2.45) is 4.99 Å². The number of nitrogens with zero attached hydrogens (tertiary/aromatic N) is 2. The van der Waals surface area contributed by atoms with Gasteiger partial charge in [-0.1, -0.05) is 13.3 Å². The minimum absolute atomic E-state index is 0.0420. The molecule has 128 valence electrons. The maximum absolute atomic E-state index is 12.1. The van der Waals surface area contributed by atoms with Crippen LogP contribution in [0.3, 0.4) is 0 Å². The molecule has 0 spiro atoms. The van der Waals surface area contributed by atoms with Gasteiger partial charge in [0.15, 0.2) is 0 Å². The third kappa shape index (κ3) is 3.92. The zero-order valence-corrected chi connectivity index (χ0v) is 13.8. The zero-order valence-electron chi connectivity index (χ0n) is 13.8. The first-order valence-electron chi connectivity index (χ1n) is 7.89. The van der Waals surface area contributed by atoms with Gasteiger partial charge in [0.05, 0.1) is 12.3 Å². The van der Waals surface area contributed by atoms with E-state index in [0.717, 1.165) is 17.4 Å². The summed E-state index contributed by atoms with van der Waals surface area (Å²) < 4.78 is 6.37. The first kappa shape index (κ1) is 17.5. The Kier molecular flexibility index (Phi) is 5.95. The number of hydrogen-bond acceptors (Lipinski definition) is 5. The van der Waals surface area contributed by atoms with E-state index < -0.39 is 17.1 Å². The van der Waals surface area contributed by atoms with Gasteiger partial charge in [-0.05, 0) is 37.6 Å². The number of aromatic nitrogens is 2. The van der Waals surface area contributed by atoms with Gasteiger partial charge in [-0.15, -0.1) is 0 Å². The Labute approximate surface area is 139 Å². The fraction of sp³-hybridized carbons (Fsp3) is 0.353. The van der Waals surface area contributed by atoms with Gasteiger partial charge >= 0.3 is 5.69 Å². The van der Waals surface area contributed by atoms with Crippen LogP contribution in [0.2, 0.25) is 0 Å².